The van der Waals surface area contributed by atoms with Gasteiger partial charge in [-0.1, -0.05) is 59.3 Å². The van der Waals surface area contributed by atoms with E-state index in [4.69, 9.17) is 0 Å². The smallest absolute Gasteiger partial charge is 0.246 e. The molecule has 0 aliphatic carbocycles. The topological polar surface area (TPSA) is 52.7 Å². The van der Waals surface area contributed by atoms with Crippen LogP contribution in [-0.4, -0.2) is 59.9 Å². The van der Waals surface area contributed by atoms with Crippen LogP contribution in [0.1, 0.15) is 85.5 Å². The second kappa shape index (κ2) is 13.3. The van der Waals surface area contributed by atoms with E-state index in [1.807, 2.05) is 0 Å². The van der Waals surface area contributed by atoms with Crippen LogP contribution in [0.15, 0.2) is 0 Å². The summed E-state index contributed by atoms with van der Waals surface area (Å²) in [5.41, 5.74) is 0. The third kappa shape index (κ3) is 8.17. The molecule has 0 aromatic heterocycles. The zero-order valence-corrected chi connectivity index (χ0v) is 17.6. The van der Waals surface area contributed by atoms with Crippen LogP contribution in [0, 0.1) is 0 Å². The predicted octanol–water partition coefficient (Wildman–Crippen LogP) is 3.57. The second-order valence-electron chi connectivity index (χ2n) is 7.64. The van der Waals surface area contributed by atoms with Crippen molar-refractivity contribution < 1.29 is 9.59 Å². The fraction of sp³-hybridized carbons (Fsp3) is 0.905. The van der Waals surface area contributed by atoms with Crippen LogP contribution in [-0.2, 0) is 9.59 Å². The number of imide groups is 1. The molecule has 0 aromatic rings. The molecule has 0 aromatic carbocycles. The minimum absolute atomic E-state index is 0.00516. The Bertz CT molecular complexity index is 410. The van der Waals surface area contributed by atoms with Gasteiger partial charge < -0.3 is 10.2 Å². The Morgan fingerprint density at radius 3 is 2.27 bits per heavy atom. The van der Waals surface area contributed by atoms with E-state index in [-0.39, 0.29) is 23.9 Å². The molecule has 1 saturated heterocycles. The highest BCUT2D eigenvalue weighted by Gasteiger charge is 2.38. The maximum atomic E-state index is 12.5. The molecule has 1 fully saturated rings. The van der Waals surface area contributed by atoms with E-state index in [2.05, 4.69) is 37.9 Å². The van der Waals surface area contributed by atoms with Crippen LogP contribution in [0.4, 0.5) is 0 Å². The number of likely N-dealkylation sites (tertiary alicyclic amines) is 1. The van der Waals surface area contributed by atoms with E-state index in [0.717, 1.165) is 38.9 Å². The Morgan fingerprint density at radius 1 is 1.04 bits per heavy atom. The molecule has 26 heavy (non-hydrogen) atoms. The van der Waals surface area contributed by atoms with Gasteiger partial charge in [0.15, 0.2) is 0 Å². The minimum atomic E-state index is -0.321. The molecule has 1 heterocycles. The minimum Gasteiger partial charge on any atom is -0.304 e. The van der Waals surface area contributed by atoms with Crippen LogP contribution < -0.4 is 5.32 Å². The standard InChI is InChI=1S/C21H41N3O2/c1-5-8-9-10-11-12-13-15-24-20(25)17-19(21(24)26)22-18(4)14-16-23(6-2)7-3/h18-19,22H,5-17H2,1-4H3. The summed E-state index contributed by atoms with van der Waals surface area (Å²) in [6.45, 7) is 12.4. The lowest BCUT2D eigenvalue weighted by molar-refractivity contribution is -0.139. The average Bonchev–Trinajstić information content (AvgIpc) is 2.88. The zero-order chi connectivity index (χ0) is 19.4. The van der Waals surface area contributed by atoms with Crippen molar-refractivity contribution in [3.63, 3.8) is 0 Å². The molecule has 1 aliphatic heterocycles. The van der Waals surface area contributed by atoms with Gasteiger partial charge in [-0.2, -0.15) is 0 Å². The normalized spacial score (nSPS) is 19.0. The summed E-state index contributed by atoms with van der Waals surface area (Å²) in [7, 11) is 0. The molecule has 0 spiro atoms. The van der Waals surface area contributed by atoms with Crippen LogP contribution in [0.3, 0.4) is 0 Å². The number of hydrogen-bond acceptors (Lipinski definition) is 4. The Labute approximate surface area is 160 Å². The number of nitrogens with zero attached hydrogens (tertiary/aromatic N) is 2. The molecular formula is C21H41N3O2. The van der Waals surface area contributed by atoms with Crippen molar-refractivity contribution in [3.05, 3.63) is 0 Å². The molecular weight excluding hydrogens is 326 g/mol. The van der Waals surface area contributed by atoms with Crippen molar-refractivity contribution in [2.45, 2.75) is 97.6 Å². The first-order valence-corrected chi connectivity index (χ1v) is 10.9. The van der Waals surface area contributed by atoms with Crippen molar-refractivity contribution >= 4 is 11.8 Å². The zero-order valence-electron chi connectivity index (χ0n) is 17.6. The molecule has 2 unspecified atom stereocenters. The number of carbonyl (C=O) groups excluding carboxylic acids is 2. The molecule has 2 atom stereocenters. The van der Waals surface area contributed by atoms with Gasteiger partial charge in [0, 0.05) is 12.6 Å². The lowest BCUT2D eigenvalue weighted by Crippen LogP contribution is -2.44. The van der Waals surface area contributed by atoms with Crippen molar-refractivity contribution in [2.24, 2.45) is 0 Å². The molecule has 1 N–H and O–H groups in total. The highest BCUT2D eigenvalue weighted by atomic mass is 16.2. The first-order valence-electron chi connectivity index (χ1n) is 10.9. The van der Waals surface area contributed by atoms with Crippen molar-refractivity contribution in [2.75, 3.05) is 26.2 Å². The second-order valence-corrected chi connectivity index (χ2v) is 7.64. The largest absolute Gasteiger partial charge is 0.304 e. The molecule has 2 amide bonds. The lowest BCUT2D eigenvalue weighted by atomic mass is 10.1. The molecule has 1 aliphatic rings. The van der Waals surface area contributed by atoms with Gasteiger partial charge in [0.1, 0.15) is 0 Å². The lowest BCUT2D eigenvalue weighted by Gasteiger charge is -2.23. The third-order valence-corrected chi connectivity index (χ3v) is 5.49. The number of unbranched alkanes of at least 4 members (excludes halogenated alkanes) is 6. The van der Waals surface area contributed by atoms with E-state index in [0.29, 0.717) is 13.0 Å². The quantitative estimate of drug-likeness (QED) is 0.355. The molecule has 0 radical (unpaired) electrons. The summed E-state index contributed by atoms with van der Waals surface area (Å²) in [5.74, 6) is -0.0231. The van der Waals surface area contributed by atoms with Crippen LogP contribution in [0.2, 0.25) is 0 Å². The Kier molecular flexibility index (Phi) is 11.8. The van der Waals surface area contributed by atoms with Gasteiger partial charge in [0.05, 0.1) is 12.5 Å². The summed E-state index contributed by atoms with van der Waals surface area (Å²) >= 11 is 0. The fourth-order valence-corrected chi connectivity index (χ4v) is 3.62. The number of carbonyl (C=O) groups is 2. The van der Waals surface area contributed by atoms with Gasteiger partial charge in [-0.25, -0.2) is 0 Å². The van der Waals surface area contributed by atoms with Crippen LogP contribution in [0.5, 0.6) is 0 Å². The SMILES string of the molecule is CCCCCCCCCN1C(=O)CC(NC(C)CCN(CC)CC)C1=O. The predicted molar refractivity (Wildman–Crippen MR) is 108 cm³/mol. The van der Waals surface area contributed by atoms with Gasteiger partial charge in [0.25, 0.3) is 0 Å². The maximum absolute atomic E-state index is 12.5. The maximum Gasteiger partial charge on any atom is 0.246 e. The number of hydrogen-bond donors (Lipinski definition) is 1. The number of amides is 2. The van der Waals surface area contributed by atoms with E-state index in [1.54, 1.807) is 0 Å². The number of nitrogens with one attached hydrogen (secondary N) is 1. The molecule has 1 rings (SSSR count). The van der Waals surface area contributed by atoms with Gasteiger partial charge in [-0.3, -0.25) is 14.5 Å². The van der Waals surface area contributed by atoms with Gasteiger partial charge in [-0.15, -0.1) is 0 Å². The van der Waals surface area contributed by atoms with Crippen molar-refractivity contribution in [1.29, 1.82) is 0 Å². The first-order chi connectivity index (χ1) is 12.5. The number of rotatable bonds is 15. The highest BCUT2D eigenvalue weighted by molar-refractivity contribution is 6.05. The molecule has 0 saturated carbocycles. The summed E-state index contributed by atoms with van der Waals surface area (Å²) in [6.07, 6.45) is 9.72. The monoisotopic (exact) mass is 367 g/mol. The van der Waals surface area contributed by atoms with Crippen molar-refractivity contribution in [3.8, 4) is 0 Å². The van der Waals surface area contributed by atoms with E-state index >= 15 is 0 Å². The summed E-state index contributed by atoms with van der Waals surface area (Å²) in [4.78, 5) is 28.6. The molecule has 5 heteroatoms. The molecule has 152 valence electrons. The first kappa shape index (κ1) is 23.1. The van der Waals surface area contributed by atoms with Crippen LogP contribution >= 0.6 is 0 Å². The molecule has 5 nitrogen and oxygen atoms in total. The summed E-state index contributed by atoms with van der Waals surface area (Å²) in [6, 6.07) is -0.0744. The Hall–Kier alpha value is -0.940. The summed E-state index contributed by atoms with van der Waals surface area (Å²) < 4.78 is 0. The van der Waals surface area contributed by atoms with Gasteiger partial charge >= 0.3 is 0 Å². The summed E-state index contributed by atoms with van der Waals surface area (Å²) in [5, 5.41) is 3.38. The third-order valence-electron chi connectivity index (χ3n) is 5.49. The van der Waals surface area contributed by atoms with E-state index in [9.17, 15) is 9.59 Å². The van der Waals surface area contributed by atoms with Crippen molar-refractivity contribution in [1.82, 2.24) is 15.1 Å². The molecule has 0 bridgehead atoms. The van der Waals surface area contributed by atoms with E-state index in [1.165, 1.54) is 37.0 Å². The Balaban J connectivity index is 2.27. The van der Waals surface area contributed by atoms with E-state index < -0.39 is 0 Å². The van der Waals surface area contributed by atoms with Crippen LogP contribution in [0.25, 0.3) is 0 Å². The fourth-order valence-electron chi connectivity index (χ4n) is 3.62. The van der Waals surface area contributed by atoms with Gasteiger partial charge in [-0.05, 0) is 39.4 Å². The Morgan fingerprint density at radius 2 is 1.65 bits per heavy atom. The average molecular weight is 368 g/mol. The highest BCUT2D eigenvalue weighted by Crippen LogP contribution is 2.16. The van der Waals surface area contributed by atoms with Gasteiger partial charge in [0.2, 0.25) is 11.8 Å².